The molecule has 0 amide bonds. The molecule has 0 radical (unpaired) electrons. The van der Waals surface area contributed by atoms with Crippen LogP contribution in [0, 0.1) is 0 Å². The molecule has 4 heteroatoms. The summed E-state index contributed by atoms with van der Waals surface area (Å²) in [5, 5.41) is 2.03. The number of carbonyl (C=O) groups excluding carboxylic acids is 1. The van der Waals surface area contributed by atoms with Crippen molar-refractivity contribution in [2.45, 2.75) is 6.92 Å². The average Bonchev–Trinajstić information content (AvgIpc) is 2.43. The van der Waals surface area contributed by atoms with Crippen LogP contribution in [-0.2, 0) is 9.53 Å². The molecule has 1 heterocycles. The molecule has 0 unspecified atom stereocenters. The first kappa shape index (κ1) is 10.7. The van der Waals surface area contributed by atoms with Crippen molar-refractivity contribution >= 4 is 33.7 Å². The molecule has 0 fully saturated rings. The quantitative estimate of drug-likeness (QED) is 0.739. The van der Waals surface area contributed by atoms with Crippen molar-refractivity contribution in [2.24, 2.45) is 0 Å². The van der Waals surface area contributed by atoms with Crippen molar-refractivity contribution in [3.8, 4) is 0 Å². The van der Waals surface area contributed by atoms with Gasteiger partial charge in [-0.2, -0.15) is 0 Å². The second-order valence-electron chi connectivity index (χ2n) is 1.47. The summed E-state index contributed by atoms with van der Waals surface area (Å²) in [4.78, 5) is 9.18. The van der Waals surface area contributed by atoms with Gasteiger partial charge in [0.15, 0.2) is 0 Å². The maximum absolute atomic E-state index is 9.18. The van der Waals surface area contributed by atoms with Crippen molar-refractivity contribution in [1.29, 1.82) is 0 Å². The van der Waals surface area contributed by atoms with E-state index in [0.29, 0.717) is 13.1 Å². The molecule has 0 bridgehead atoms. The van der Waals surface area contributed by atoms with E-state index in [1.54, 1.807) is 18.3 Å². The van der Waals surface area contributed by atoms with Crippen LogP contribution in [0.3, 0.4) is 0 Å². The highest BCUT2D eigenvalue weighted by molar-refractivity contribution is 9.11. The maximum atomic E-state index is 9.18. The Morgan fingerprint density at radius 3 is 2.64 bits per heavy atom. The molecule has 0 aliphatic carbocycles. The summed E-state index contributed by atoms with van der Waals surface area (Å²) in [6.07, 6.45) is 0. The third-order valence-electron chi connectivity index (χ3n) is 0.721. The number of thiophene rings is 1. The van der Waals surface area contributed by atoms with Crippen LogP contribution in [-0.4, -0.2) is 13.1 Å². The molecule has 1 rings (SSSR count). The molecule has 11 heavy (non-hydrogen) atoms. The van der Waals surface area contributed by atoms with Gasteiger partial charge in [-0.05, 0) is 34.3 Å². The molecular formula is C7H9BrO2S. The predicted octanol–water partition coefficient (Wildman–Crippen LogP) is 2.69. The van der Waals surface area contributed by atoms with E-state index in [-0.39, 0.29) is 0 Å². The Hall–Kier alpha value is -0.350. The lowest BCUT2D eigenvalue weighted by atomic mass is 10.7. The topological polar surface area (TPSA) is 26.3 Å². The van der Waals surface area contributed by atoms with Crippen molar-refractivity contribution < 1.29 is 9.53 Å². The summed E-state index contributed by atoms with van der Waals surface area (Å²) in [5.41, 5.74) is 0. The molecule has 0 atom stereocenters. The molecule has 62 valence electrons. The number of carbonyl (C=O) groups is 1. The fourth-order valence-electron chi connectivity index (χ4n) is 0.327. The molecule has 0 N–H and O–H groups in total. The molecule has 0 aromatic carbocycles. The van der Waals surface area contributed by atoms with Gasteiger partial charge in [-0.25, -0.2) is 0 Å². The third kappa shape index (κ3) is 7.55. The van der Waals surface area contributed by atoms with Crippen LogP contribution in [0.1, 0.15) is 6.92 Å². The first-order valence-corrected chi connectivity index (χ1v) is 4.72. The second-order valence-corrected chi connectivity index (χ2v) is 3.80. The zero-order chi connectivity index (χ0) is 8.53. The van der Waals surface area contributed by atoms with Gasteiger partial charge in [-0.3, -0.25) is 4.79 Å². The molecule has 0 saturated heterocycles. The fraction of sp³-hybridized carbons (Fsp3) is 0.286. The number of rotatable bonds is 2. The molecule has 1 aromatic heterocycles. The third-order valence-corrected chi connectivity index (χ3v) is 2.20. The van der Waals surface area contributed by atoms with Crippen LogP contribution in [0.15, 0.2) is 21.3 Å². The van der Waals surface area contributed by atoms with Gasteiger partial charge in [0.1, 0.15) is 0 Å². The van der Waals surface area contributed by atoms with Crippen molar-refractivity contribution in [1.82, 2.24) is 0 Å². The van der Waals surface area contributed by atoms with Gasteiger partial charge in [0.25, 0.3) is 6.47 Å². The van der Waals surface area contributed by atoms with Gasteiger partial charge in [-0.15, -0.1) is 11.3 Å². The lowest BCUT2D eigenvalue weighted by Gasteiger charge is -1.79. The molecule has 0 saturated carbocycles. The minimum Gasteiger partial charge on any atom is -0.468 e. The maximum Gasteiger partial charge on any atom is 0.293 e. The monoisotopic (exact) mass is 236 g/mol. The van der Waals surface area contributed by atoms with E-state index in [9.17, 15) is 4.79 Å². The average molecular weight is 237 g/mol. The van der Waals surface area contributed by atoms with Crippen LogP contribution in [0.4, 0.5) is 0 Å². The van der Waals surface area contributed by atoms with E-state index in [2.05, 4.69) is 20.7 Å². The minimum absolute atomic E-state index is 0.431. The number of hydrogen-bond acceptors (Lipinski definition) is 3. The normalized spacial score (nSPS) is 7.82. The van der Waals surface area contributed by atoms with Crippen LogP contribution >= 0.6 is 27.3 Å². The molecular weight excluding hydrogens is 228 g/mol. The van der Waals surface area contributed by atoms with Crippen molar-refractivity contribution in [3.63, 3.8) is 0 Å². The first-order valence-electron chi connectivity index (χ1n) is 3.05. The fourth-order valence-corrected chi connectivity index (χ4v) is 1.25. The highest BCUT2D eigenvalue weighted by atomic mass is 79.9. The van der Waals surface area contributed by atoms with Gasteiger partial charge in [0.05, 0.1) is 10.4 Å². The van der Waals surface area contributed by atoms with Crippen LogP contribution in [0.5, 0.6) is 0 Å². The molecule has 0 aliphatic heterocycles. The summed E-state index contributed by atoms with van der Waals surface area (Å²) in [5.74, 6) is 0. The Morgan fingerprint density at radius 1 is 1.82 bits per heavy atom. The Balaban J connectivity index is 0.000000187. The van der Waals surface area contributed by atoms with E-state index in [1.807, 2.05) is 17.5 Å². The van der Waals surface area contributed by atoms with E-state index < -0.39 is 0 Å². The molecule has 0 spiro atoms. The molecule has 1 aromatic rings. The highest BCUT2D eigenvalue weighted by Crippen LogP contribution is 2.14. The van der Waals surface area contributed by atoms with E-state index in [1.165, 1.54) is 3.79 Å². The van der Waals surface area contributed by atoms with Gasteiger partial charge in [-0.1, -0.05) is 6.07 Å². The Bertz CT molecular complexity index is 175. The Kier molecular flexibility index (Phi) is 7.51. The zero-order valence-electron chi connectivity index (χ0n) is 6.12. The van der Waals surface area contributed by atoms with Gasteiger partial charge in [0, 0.05) is 0 Å². The number of halogens is 1. The smallest absolute Gasteiger partial charge is 0.293 e. The van der Waals surface area contributed by atoms with Gasteiger partial charge in [0.2, 0.25) is 0 Å². The van der Waals surface area contributed by atoms with Gasteiger partial charge < -0.3 is 4.74 Å². The Morgan fingerprint density at radius 2 is 2.55 bits per heavy atom. The number of ether oxygens (including phenoxy) is 1. The van der Waals surface area contributed by atoms with E-state index in [0.717, 1.165) is 0 Å². The zero-order valence-corrected chi connectivity index (χ0v) is 8.52. The first-order chi connectivity index (χ1) is 5.31. The SMILES string of the molecule is Brc1cccs1.CCOC=O. The number of hydrogen-bond donors (Lipinski definition) is 0. The molecule has 2 nitrogen and oxygen atoms in total. The standard InChI is InChI=1S/C4H3BrS.C3H6O2/c5-4-2-1-3-6-4;1-2-5-3-4/h1-3H;3H,2H2,1H3. The van der Waals surface area contributed by atoms with Crippen LogP contribution < -0.4 is 0 Å². The Labute approximate surface area is 78.3 Å². The van der Waals surface area contributed by atoms with Crippen LogP contribution in [0.2, 0.25) is 0 Å². The largest absolute Gasteiger partial charge is 0.468 e. The summed E-state index contributed by atoms with van der Waals surface area (Å²) < 4.78 is 5.35. The summed E-state index contributed by atoms with van der Waals surface area (Å²) >= 11 is 4.99. The summed E-state index contributed by atoms with van der Waals surface area (Å²) in [6, 6.07) is 4.03. The van der Waals surface area contributed by atoms with E-state index >= 15 is 0 Å². The predicted molar refractivity (Wildman–Crippen MR) is 49.7 cm³/mol. The van der Waals surface area contributed by atoms with Crippen LogP contribution in [0.25, 0.3) is 0 Å². The lowest BCUT2D eigenvalue weighted by molar-refractivity contribution is -0.128. The van der Waals surface area contributed by atoms with E-state index in [4.69, 9.17) is 0 Å². The minimum atomic E-state index is 0.431. The highest BCUT2D eigenvalue weighted by Gasteiger charge is 1.77. The van der Waals surface area contributed by atoms with Gasteiger partial charge >= 0.3 is 0 Å². The lowest BCUT2D eigenvalue weighted by Crippen LogP contribution is -1.80. The van der Waals surface area contributed by atoms with Crippen molar-refractivity contribution in [2.75, 3.05) is 6.61 Å². The summed E-state index contributed by atoms with van der Waals surface area (Å²) in [6.45, 7) is 2.66. The molecule has 0 aliphatic rings. The second kappa shape index (κ2) is 7.75. The summed E-state index contributed by atoms with van der Waals surface area (Å²) in [7, 11) is 0. The van der Waals surface area contributed by atoms with Crippen molar-refractivity contribution in [3.05, 3.63) is 21.3 Å².